The molecule has 10 heteroatoms. The first-order valence-electron chi connectivity index (χ1n) is 12.1. The minimum Gasteiger partial charge on any atom is -0.370 e. The predicted molar refractivity (Wildman–Crippen MR) is 136 cm³/mol. The molecular weight excluding hydrogens is 465 g/mol. The van der Waals surface area contributed by atoms with E-state index in [1.807, 2.05) is 20.8 Å². The first-order chi connectivity index (χ1) is 16.9. The van der Waals surface area contributed by atoms with Crippen molar-refractivity contribution in [1.82, 2.24) is 24.9 Å². The molecule has 2 fully saturated rings. The molecule has 0 unspecified atom stereocenters. The molecule has 0 radical (unpaired) electrons. The van der Waals surface area contributed by atoms with E-state index in [0.29, 0.717) is 28.1 Å². The fourth-order valence-electron chi connectivity index (χ4n) is 4.95. The van der Waals surface area contributed by atoms with Crippen LogP contribution in [0.3, 0.4) is 0 Å². The maximum absolute atomic E-state index is 15.5. The Morgan fingerprint density at radius 2 is 1.83 bits per heavy atom. The standard InChI is InChI=1S/C25H28FN7OS/c1-13-10-20(31-33-12-14(2)27-24(13)33)30-25(34)21-18(26)11-19(22-23(21)35-15(3)28-22)32-8-6-17(7-9-32)29-16-4-5-16/h10-12,16-17,29H,4-9H2,1-3H3,(H,30,31,34). The molecule has 0 spiro atoms. The van der Waals surface area contributed by atoms with Crippen molar-refractivity contribution >= 4 is 44.6 Å². The monoisotopic (exact) mass is 493 g/mol. The third-order valence-corrected chi connectivity index (χ3v) is 7.78. The summed E-state index contributed by atoms with van der Waals surface area (Å²) in [5.41, 5.74) is 3.91. The van der Waals surface area contributed by atoms with Gasteiger partial charge in [0.2, 0.25) is 0 Å². The van der Waals surface area contributed by atoms with Crippen molar-refractivity contribution in [3.8, 4) is 0 Å². The fourth-order valence-corrected chi connectivity index (χ4v) is 5.92. The van der Waals surface area contributed by atoms with Crippen LogP contribution in [0.15, 0.2) is 18.3 Å². The SMILES string of the molecule is Cc1cn2nc(NC(=O)c3c(F)cc(N4CCC(NC5CC5)CC4)c4nc(C)sc34)cc(C)c2n1. The van der Waals surface area contributed by atoms with Gasteiger partial charge in [0, 0.05) is 31.2 Å². The van der Waals surface area contributed by atoms with Gasteiger partial charge in [-0.2, -0.15) is 0 Å². The predicted octanol–water partition coefficient (Wildman–Crippen LogP) is 4.38. The first kappa shape index (κ1) is 22.4. The molecule has 6 rings (SSSR count). The molecule has 0 bridgehead atoms. The number of aryl methyl sites for hydroxylation is 3. The van der Waals surface area contributed by atoms with Crippen molar-refractivity contribution in [2.24, 2.45) is 0 Å². The minimum absolute atomic E-state index is 0.0148. The van der Waals surface area contributed by atoms with Crippen LogP contribution in [0.5, 0.6) is 0 Å². The number of nitrogens with one attached hydrogen (secondary N) is 2. The second kappa shape index (κ2) is 8.53. The summed E-state index contributed by atoms with van der Waals surface area (Å²) in [6.45, 7) is 7.37. The van der Waals surface area contributed by atoms with Crippen LogP contribution in [-0.4, -0.2) is 50.7 Å². The molecule has 4 heterocycles. The van der Waals surface area contributed by atoms with Gasteiger partial charge in [0.25, 0.3) is 5.91 Å². The summed E-state index contributed by atoms with van der Waals surface area (Å²) < 4.78 is 17.7. The Bertz CT molecular complexity index is 1450. The number of nitrogens with zero attached hydrogens (tertiary/aromatic N) is 5. The lowest BCUT2D eigenvalue weighted by Gasteiger charge is -2.34. The molecule has 1 saturated heterocycles. The second-order valence-corrected chi connectivity index (χ2v) is 10.9. The summed E-state index contributed by atoms with van der Waals surface area (Å²) in [5, 5.41) is 11.7. The van der Waals surface area contributed by atoms with E-state index in [0.717, 1.165) is 53.5 Å². The molecule has 1 aliphatic heterocycles. The minimum atomic E-state index is -0.539. The average Bonchev–Trinajstić information content (AvgIpc) is 3.41. The van der Waals surface area contributed by atoms with Crippen LogP contribution in [0.25, 0.3) is 15.9 Å². The van der Waals surface area contributed by atoms with E-state index in [4.69, 9.17) is 4.98 Å². The lowest BCUT2D eigenvalue weighted by atomic mass is 10.0. The van der Waals surface area contributed by atoms with E-state index >= 15 is 4.39 Å². The summed E-state index contributed by atoms with van der Waals surface area (Å²) in [7, 11) is 0. The number of carbonyl (C=O) groups excluding carboxylic acids is 1. The van der Waals surface area contributed by atoms with Crippen molar-refractivity contribution in [3.63, 3.8) is 0 Å². The zero-order valence-corrected chi connectivity index (χ0v) is 20.9. The molecular formula is C25H28FN7OS. The number of anilines is 2. The van der Waals surface area contributed by atoms with Gasteiger partial charge in [0.05, 0.1) is 32.8 Å². The lowest BCUT2D eigenvalue weighted by Crippen LogP contribution is -2.43. The van der Waals surface area contributed by atoms with Gasteiger partial charge in [0.15, 0.2) is 11.5 Å². The van der Waals surface area contributed by atoms with Crippen molar-refractivity contribution in [2.45, 2.75) is 58.5 Å². The highest BCUT2D eigenvalue weighted by Gasteiger charge is 2.29. The number of fused-ring (bicyclic) bond motifs is 2. The number of halogens is 1. The van der Waals surface area contributed by atoms with E-state index in [2.05, 4.69) is 25.6 Å². The normalized spacial score (nSPS) is 17.0. The Morgan fingerprint density at radius 3 is 2.57 bits per heavy atom. The quantitative estimate of drug-likeness (QED) is 0.429. The molecule has 1 aromatic carbocycles. The molecule has 8 nitrogen and oxygen atoms in total. The van der Waals surface area contributed by atoms with Crippen molar-refractivity contribution in [1.29, 1.82) is 0 Å². The number of amides is 1. The summed E-state index contributed by atoms with van der Waals surface area (Å²) >= 11 is 1.35. The number of rotatable bonds is 5. The van der Waals surface area contributed by atoms with Gasteiger partial charge < -0.3 is 15.5 Å². The average molecular weight is 494 g/mol. The van der Waals surface area contributed by atoms with Gasteiger partial charge in [-0.05, 0) is 58.1 Å². The lowest BCUT2D eigenvalue weighted by molar-refractivity contribution is 0.102. The van der Waals surface area contributed by atoms with Crippen LogP contribution in [0, 0.1) is 26.6 Å². The Labute approximate surface area is 206 Å². The largest absolute Gasteiger partial charge is 0.370 e. The van der Waals surface area contributed by atoms with Gasteiger partial charge in [-0.1, -0.05) is 0 Å². The zero-order valence-electron chi connectivity index (χ0n) is 20.1. The molecule has 4 aromatic rings. The van der Waals surface area contributed by atoms with Gasteiger partial charge >= 0.3 is 0 Å². The van der Waals surface area contributed by atoms with Gasteiger partial charge in [-0.15, -0.1) is 16.4 Å². The summed E-state index contributed by atoms with van der Waals surface area (Å²) in [6, 6.07) is 4.44. The Morgan fingerprint density at radius 1 is 1.09 bits per heavy atom. The Kier molecular flexibility index (Phi) is 5.45. The van der Waals surface area contributed by atoms with Crippen LogP contribution in [0.2, 0.25) is 0 Å². The number of thiazole rings is 1. The van der Waals surface area contributed by atoms with Gasteiger partial charge in [-0.3, -0.25) is 4.79 Å². The molecule has 3 aromatic heterocycles. The van der Waals surface area contributed by atoms with E-state index < -0.39 is 11.7 Å². The zero-order chi connectivity index (χ0) is 24.3. The number of carbonyl (C=O) groups is 1. The van der Waals surface area contributed by atoms with E-state index in [1.54, 1.807) is 16.8 Å². The number of aromatic nitrogens is 4. The van der Waals surface area contributed by atoms with Crippen LogP contribution in [-0.2, 0) is 0 Å². The Hall–Kier alpha value is -3.11. The topological polar surface area (TPSA) is 87.5 Å². The summed E-state index contributed by atoms with van der Waals surface area (Å²) in [4.78, 5) is 24.6. The van der Waals surface area contributed by atoms with E-state index in [1.165, 1.54) is 30.2 Å². The van der Waals surface area contributed by atoms with Gasteiger partial charge in [0.1, 0.15) is 11.3 Å². The number of benzene rings is 1. The molecule has 2 N–H and O–H groups in total. The molecule has 2 aliphatic rings. The van der Waals surface area contributed by atoms with Crippen molar-refractivity contribution in [3.05, 3.63) is 46.0 Å². The number of piperidine rings is 1. The van der Waals surface area contributed by atoms with E-state index in [-0.39, 0.29) is 5.56 Å². The van der Waals surface area contributed by atoms with Crippen LogP contribution < -0.4 is 15.5 Å². The van der Waals surface area contributed by atoms with Crippen molar-refractivity contribution < 1.29 is 9.18 Å². The number of hydrogen-bond acceptors (Lipinski definition) is 7. The molecule has 0 atom stereocenters. The summed E-state index contributed by atoms with van der Waals surface area (Å²) in [6.07, 6.45) is 6.39. The number of imidazole rings is 1. The van der Waals surface area contributed by atoms with E-state index in [9.17, 15) is 4.79 Å². The first-order valence-corrected chi connectivity index (χ1v) is 12.9. The third kappa shape index (κ3) is 4.25. The highest BCUT2D eigenvalue weighted by molar-refractivity contribution is 7.19. The van der Waals surface area contributed by atoms with Crippen LogP contribution in [0.1, 0.15) is 52.3 Å². The highest BCUT2D eigenvalue weighted by Crippen LogP contribution is 2.37. The van der Waals surface area contributed by atoms with Crippen molar-refractivity contribution in [2.75, 3.05) is 23.3 Å². The van der Waals surface area contributed by atoms with Crippen LogP contribution in [0.4, 0.5) is 15.9 Å². The summed E-state index contributed by atoms with van der Waals surface area (Å²) in [5.74, 6) is -0.721. The fraction of sp³-hybridized carbons (Fsp3) is 0.440. The Balaban J connectivity index is 1.30. The maximum Gasteiger partial charge on any atom is 0.261 e. The number of hydrogen-bond donors (Lipinski definition) is 2. The smallest absolute Gasteiger partial charge is 0.261 e. The molecule has 182 valence electrons. The molecule has 1 saturated carbocycles. The second-order valence-electron chi connectivity index (χ2n) is 9.68. The third-order valence-electron chi connectivity index (χ3n) is 6.79. The maximum atomic E-state index is 15.5. The van der Waals surface area contributed by atoms with Gasteiger partial charge in [-0.25, -0.2) is 18.9 Å². The highest BCUT2D eigenvalue weighted by atomic mass is 32.1. The molecule has 1 aliphatic carbocycles. The molecule has 35 heavy (non-hydrogen) atoms. The molecule has 1 amide bonds. The van der Waals surface area contributed by atoms with Crippen LogP contribution >= 0.6 is 11.3 Å².